The Morgan fingerprint density at radius 1 is 0.515 bits per heavy atom. The molecule has 33 heavy (non-hydrogen) atoms. The molecule has 3 aromatic heterocycles. The van der Waals surface area contributed by atoms with Crippen molar-refractivity contribution in [3.05, 3.63) is 97.1 Å². The summed E-state index contributed by atoms with van der Waals surface area (Å²) in [7, 11) is 0. The lowest BCUT2D eigenvalue weighted by Gasteiger charge is -2.03. The molecule has 0 unspecified atom stereocenters. The molecule has 154 valence electrons. The van der Waals surface area contributed by atoms with Crippen molar-refractivity contribution < 1.29 is 8.83 Å². The highest BCUT2D eigenvalue weighted by Gasteiger charge is 2.20. The van der Waals surface area contributed by atoms with Gasteiger partial charge in [-0.05, 0) is 41.1 Å². The van der Waals surface area contributed by atoms with Crippen LogP contribution in [0.15, 0.2) is 106 Å². The molecule has 0 aliphatic carbocycles. The standard InChI is InChI=1S/C29H16N2O2/c1-2-8-18-17(7-1)13-14-22-26(18)19-9-3-5-11-21(19)31(22)29-30-28-25(33-29)16-15-24-27(28)20-10-4-6-12-23(20)32-24/h1-16H. The highest BCUT2D eigenvalue weighted by molar-refractivity contribution is 6.21. The number of nitrogens with zero attached hydrogens (tertiary/aromatic N) is 2. The number of benzene rings is 5. The molecule has 0 radical (unpaired) electrons. The van der Waals surface area contributed by atoms with Gasteiger partial charge in [0.1, 0.15) is 16.7 Å². The van der Waals surface area contributed by atoms with Crippen molar-refractivity contribution in [1.82, 2.24) is 9.55 Å². The predicted molar refractivity (Wildman–Crippen MR) is 133 cm³/mol. The van der Waals surface area contributed by atoms with Gasteiger partial charge in [0.2, 0.25) is 0 Å². The van der Waals surface area contributed by atoms with Crippen LogP contribution in [0.1, 0.15) is 0 Å². The monoisotopic (exact) mass is 424 g/mol. The van der Waals surface area contributed by atoms with Crippen LogP contribution in [0.25, 0.3) is 71.6 Å². The van der Waals surface area contributed by atoms with Crippen LogP contribution in [0.3, 0.4) is 0 Å². The average Bonchev–Trinajstić information content (AvgIpc) is 3.54. The highest BCUT2D eigenvalue weighted by atomic mass is 16.4. The number of oxazole rings is 1. The second-order valence-corrected chi connectivity index (χ2v) is 8.41. The van der Waals surface area contributed by atoms with Gasteiger partial charge in [-0.1, -0.05) is 66.7 Å². The minimum atomic E-state index is 0.560. The maximum absolute atomic E-state index is 6.38. The van der Waals surface area contributed by atoms with Gasteiger partial charge >= 0.3 is 6.01 Å². The molecular formula is C29H16N2O2. The first-order valence-corrected chi connectivity index (χ1v) is 11.0. The predicted octanol–water partition coefficient (Wildman–Crippen LogP) is 7.98. The van der Waals surface area contributed by atoms with Crippen LogP contribution >= 0.6 is 0 Å². The van der Waals surface area contributed by atoms with Crippen molar-refractivity contribution in [3.63, 3.8) is 0 Å². The van der Waals surface area contributed by atoms with Crippen LogP contribution in [-0.2, 0) is 0 Å². The lowest BCUT2D eigenvalue weighted by atomic mass is 10.0. The Morgan fingerprint density at radius 3 is 2.21 bits per heavy atom. The number of para-hydroxylation sites is 2. The summed E-state index contributed by atoms with van der Waals surface area (Å²) in [5, 5.41) is 6.88. The molecule has 8 aromatic rings. The van der Waals surface area contributed by atoms with E-state index >= 15 is 0 Å². The van der Waals surface area contributed by atoms with Crippen molar-refractivity contribution in [2.24, 2.45) is 0 Å². The maximum Gasteiger partial charge on any atom is 0.307 e. The molecule has 0 saturated heterocycles. The fraction of sp³-hybridized carbons (Fsp3) is 0. The second kappa shape index (κ2) is 6.02. The summed E-state index contributed by atoms with van der Waals surface area (Å²) in [6.45, 7) is 0. The Kier molecular flexibility index (Phi) is 3.11. The minimum Gasteiger partial charge on any atom is -0.456 e. The van der Waals surface area contributed by atoms with Crippen LogP contribution in [0.5, 0.6) is 0 Å². The van der Waals surface area contributed by atoms with Gasteiger partial charge in [-0.15, -0.1) is 0 Å². The Labute approximate surface area is 187 Å². The van der Waals surface area contributed by atoms with Gasteiger partial charge in [0.25, 0.3) is 0 Å². The van der Waals surface area contributed by atoms with Gasteiger partial charge in [0, 0.05) is 16.2 Å². The maximum atomic E-state index is 6.38. The van der Waals surface area contributed by atoms with Crippen LogP contribution in [0, 0.1) is 0 Å². The Bertz CT molecular complexity index is 2040. The summed E-state index contributed by atoms with van der Waals surface area (Å²) >= 11 is 0. The third-order valence-electron chi connectivity index (χ3n) is 6.64. The summed E-state index contributed by atoms with van der Waals surface area (Å²) in [4.78, 5) is 5.02. The zero-order valence-electron chi connectivity index (χ0n) is 17.4. The van der Waals surface area contributed by atoms with Gasteiger partial charge in [0.15, 0.2) is 5.58 Å². The fourth-order valence-corrected chi connectivity index (χ4v) is 5.23. The van der Waals surface area contributed by atoms with E-state index in [1.807, 2.05) is 30.3 Å². The molecule has 8 rings (SSSR count). The van der Waals surface area contributed by atoms with Crippen molar-refractivity contribution in [3.8, 4) is 6.01 Å². The summed E-state index contributed by atoms with van der Waals surface area (Å²) < 4.78 is 14.6. The van der Waals surface area contributed by atoms with Gasteiger partial charge < -0.3 is 8.83 Å². The molecule has 0 fully saturated rings. The summed E-state index contributed by atoms with van der Waals surface area (Å²) in [6, 6.07) is 33.8. The second-order valence-electron chi connectivity index (χ2n) is 8.41. The first-order chi connectivity index (χ1) is 16.4. The summed E-state index contributed by atoms with van der Waals surface area (Å²) in [6.07, 6.45) is 0. The van der Waals surface area contributed by atoms with Gasteiger partial charge in [-0.25, -0.2) is 0 Å². The largest absolute Gasteiger partial charge is 0.456 e. The van der Waals surface area contributed by atoms with Crippen LogP contribution in [0.4, 0.5) is 0 Å². The molecule has 4 heteroatoms. The van der Waals surface area contributed by atoms with Gasteiger partial charge in [-0.3, -0.25) is 4.57 Å². The smallest absolute Gasteiger partial charge is 0.307 e. The molecule has 0 N–H and O–H groups in total. The van der Waals surface area contributed by atoms with Crippen molar-refractivity contribution in [2.75, 3.05) is 0 Å². The normalized spacial score (nSPS) is 12.2. The highest BCUT2D eigenvalue weighted by Crippen LogP contribution is 2.39. The lowest BCUT2D eigenvalue weighted by Crippen LogP contribution is -1.93. The SMILES string of the molecule is c1ccc2c(c1)ccc1c2c2ccccc2n1-c1nc2c(ccc3oc4ccccc4c32)o1. The molecule has 5 aromatic carbocycles. The van der Waals surface area contributed by atoms with Crippen molar-refractivity contribution >= 4 is 65.6 Å². The molecule has 0 saturated carbocycles. The zero-order valence-corrected chi connectivity index (χ0v) is 17.4. The van der Waals surface area contributed by atoms with E-state index in [9.17, 15) is 0 Å². The quantitative estimate of drug-likeness (QED) is 0.268. The fourth-order valence-electron chi connectivity index (χ4n) is 5.23. The van der Waals surface area contributed by atoms with Crippen LogP contribution in [-0.4, -0.2) is 9.55 Å². The van der Waals surface area contributed by atoms with Crippen LogP contribution < -0.4 is 0 Å². The van der Waals surface area contributed by atoms with E-state index < -0.39 is 0 Å². The number of fused-ring (bicyclic) bond motifs is 10. The molecule has 3 heterocycles. The van der Waals surface area contributed by atoms with E-state index in [4.69, 9.17) is 13.8 Å². The molecule has 0 aliphatic rings. The topological polar surface area (TPSA) is 44.1 Å². The number of furan rings is 1. The molecular weight excluding hydrogens is 408 g/mol. The first kappa shape index (κ1) is 17.0. The number of hydrogen-bond acceptors (Lipinski definition) is 3. The van der Waals surface area contributed by atoms with Gasteiger partial charge in [0.05, 0.1) is 16.4 Å². The van der Waals surface area contributed by atoms with E-state index in [1.165, 1.54) is 21.5 Å². The molecule has 0 atom stereocenters. The van der Waals surface area contributed by atoms with E-state index in [2.05, 4.69) is 71.3 Å². The van der Waals surface area contributed by atoms with E-state index in [0.29, 0.717) is 6.01 Å². The first-order valence-electron chi connectivity index (χ1n) is 11.0. The van der Waals surface area contributed by atoms with E-state index in [0.717, 1.165) is 44.1 Å². The molecule has 0 aliphatic heterocycles. The third kappa shape index (κ3) is 2.17. The molecule has 0 amide bonds. The molecule has 0 spiro atoms. The van der Waals surface area contributed by atoms with Crippen molar-refractivity contribution in [2.45, 2.75) is 0 Å². The van der Waals surface area contributed by atoms with E-state index in [-0.39, 0.29) is 0 Å². The Balaban J connectivity index is 1.53. The number of aromatic nitrogens is 2. The molecule has 0 bridgehead atoms. The minimum absolute atomic E-state index is 0.560. The number of hydrogen-bond donors (Lipinski definition) is 0. The molecule has 4 nitrogen and oxygen atoms in total. The van der Waals surface area contributed by atoms with Gasteiger partial charge in [-0.2, -0.15) is 4.98 Å². The lowest BCUT2D eigenvalue weighted by molar-refractivity contribution is 0.574. The van der Waals surface area contributed by atoms with E-state index in [1.54, 1.807) is 0 Å². The van der Waals surface area contributed by atoms with Crippen molar-refractivity contribution in [1.29, 1.82) is 0 Å². The average molecular weight is 424 g/mol. The zero-order chi connectivity index (χ0) is 21.5. The third-order valence-corrected chi connectivity index (χ3v) is 6.64. The Morgan fingerprint density at radius 2 is 1.27 bits per heavy atom. The summed E-state index contributed by atoms with van der Waals surface area (Å²) in [5.74, 6) is 0. The Hall–Kier alpha value is -4.57. The van der Waals surface area contributed by atoms with Crippen LogP contribution in [0.2, 0.25) is 0 Å². The summed E-state index contributed by atoms with van der Waals surface area (Å²) in [5.41, 5.74) is 5.39. The number of rotatable bonds is 1.